The van der Waals surface area contributed by atoms with Gasteiger partial charge in [-0.25, -0.2) is 0 Å². The van der Waals surface area contributed by atoms with E-state index < -0.39 is 17.3 Å². The first kappa shape index (κ1) is 19.9. The molecule has 142 valence electrons. The third kappa shape index (κ3) is 5.53. The highest BCUT2D eigenvalue weighted by Crippen LogP contribution is 2.41. The first-order valence-electron chi connectivity index (χ1n) is 9.58. The number of carboxylic acid groups (broad SMARTS) is 1. The van der Waals surface area contributed by atoms with Crippen molar-refractivity contribution in [3.05, 3.63) is 11.7 Å². The smallest absolute Gasteiger partial charge is 0.307 e. The summed E-state index contributed by atoms with van der Waals surface area (Å²) in [6, 6.07) is 0. The fourth-order valence-electron chi connectivity index (χ4n) is 4.18. The van der Waals surface area contributed by atoms with Gasteiger partial charge in [0.1, 0.15) is 0 Å². The van der Waals surface area contributed by atoms with Gasteiger partial charge in [-0.05, 0) is 17.8 Å². The molecule has 1 unspecified atom stereocenters. The molecule has 0 radical (unpaired) electrons. The monoisotopic (exact) mass is 351 g/mol. The molecular formula is C19H33N3O3. The Bertz CT molecular complexity index is 544. The lowest BCUT2D eigenvalue weighted by atomic mass is 9.71. The van der Waals surface area contributed by atoms with E-state index in [1.54, 1.807) is 0 Å². The van der Waals surface area contributed by atoms with Crippen LogP contribution < -0.4 is 5.73 Å². The molecule has 6 heteroatoms. The number of hydrogen-bond donors (Lipinski definition) is 2. The first-order valence-corrected chi connectivity index (χ1v) is 9.58. The summed E-state index contributed by atoms with van der Waals surface area (Å²) in [5.74, 6) is 0.00726. The van der Waals surface area contributed by atoms with Crippen LogP contribution >= 0.6 is 0 Å². The standard InChI is InChI=1S/C19H33N3O3/c1-19(2,3)16(18(23)24)14(17-21-15(12-20)22-25-17)11-7-10-13-8-5-4-6-9-13/h13-14,16H,4-12,20H2,1-3H3,(H,23,24)/t14-,16?/m1/s1. The lowest BCUT2D eigenvalue weighted by Crippen LogP contribution is -2.34. The molecule has 0 bridgehead atoms. The molecule has 1 aliphatic rings. The lowest BCUT2D eigenvalue weighted by molar-refractivity contribution is -0.147. The minimum absolute atomic E-state index is 0.200. The number of hydrogen-bond acceptors (Lipinski definition) is 5. The largest absolute Gasteiger partial charge is 0.481 e. The quantitative estimate of drug-likeness (QED) is 0.730. The maximum atomic E-state index is 12.0. The maximum Gasteiger partial charge on any atom is 0.307 e. The third-order valence-corrected chi connectivity index (χ3v) is 5.44. The summed E-state index contributed by atoms with van der Waals surface area (Å²) < 4.78 is 5.38. The molecule has 2 atom stereocenters. The maximum absolute atomic E-state index is 12.0. The summed E-state index contributed by atoms with van der Waals surface area (Å²) in [7, 11) is 0. The van der Waals surface area contributed by atoms with Gasteiger partial charge >= 0.3 is 5.97 Å². The van der Waals surface area contributed by atoms with Gasteiger partial charge in [-0.2, -0.15) is 4.98 Å². The van der Waals surface area contributed by atoms with Gasteiger partial charge in [-0.15, -0.1) is 0 Å². The number of rotatable bonds is 8. The Balaban J connectivity index is 2.11. The molecule has 1 heterocycles. The number of aliphatic carboxylic acids is 1. The summed E-state index contributed by atoms with van der Waals surface area (Å²) in [5.41, 5.74) is 5.19. The minimum Gasteiger partial charge on any atom is -0.481 e. The van der Waals surface area contributed by atoms with E-state index >= 15 is 0 Å². The van der Waals surface area contributed by atoms with Crippen molar-refractivity contribution in [2.75, 3.05) is 0 Å². The zero-order valence-corrected chi connectivity index (χ0v) is 15.8. The van der Waals surface area contributed by atoms with E-state index in [2.05, 4.69) is 10.1 Å². The van der Waals surface area contributed by atoms with Crippen LogP contribution in [0.5, 0.6) is 0 Å². The summed E-state index contributed by atoms with van der Waals surface area (Å²) >= 11 is 0. The van der Waals surface area contributed by atoms with E-state index in [-0.39, 0.29) is 12.5 Å². The van der Waals surface area contributed by atoms with E-state index in [0.29, 0.717) is 11.7 Å². The predicted octanol–water partition coefficient (Wildman–Crippen LogP) is 4.11. The van der Waals surface area contributed by atoms with Crippen LogP contribution in [0.15, 0.2) is 4.52 Å². The molecule has 2 rings (SSSR count). The zero-order chi connectivity index (χ0) is 18.4. The van der Waals surface area contributed by atoms with E-state index in [1.807, 2.05) is 20.8 Å². The second-order valence-electron chi connectivity index (χ2n) is 8.48. The second kappa shape index (κ2) is 8.79. The van der Waals surface area contributed by atoms with Crippen molar-refractivity contribution in [2.45, 2.75) is 84.6 Å². The van der Waals surface area contributed by atoms with Crippen molar-refractivity contribution in [3.8, 4) is 0 Å². The number of nitrogens with zero attached hydrogens (tertiary/aromatic N) is 2. The van der Waals surface area contributed by atoms with Gasteiger partial charge in [-0.3, -0.25) is 4.79 Å². The van der Waals surface area contributed by atoms with Gasteiger partial charge in [-0.1, -0.05) is 70.9 Å². The average Bonchev–Trinajstić information content (AvgIpc) is 3.02. The van der Waals surface area contributed by atoms with Crippen LogP contribution in [0.1, 0.15) is 89.8 Å². The molecule has 0 spiro atoms. The average molecular weight is 351 g/mol. The molecule has 1 fully saturated rings. The Kier molecular flexibility index (Phi) is 6.99. The van der Waals surface area contributed by atoms with Crippen molar-refractivity contribution in [2.24, 2.45) is 23.0 Å². The Morgan fingerprint density at radius 1 is 1.32 bits per heavy atom. The van der Waals surface area contributed by atoms with Crippen LogP contribution in [0.2, 0.25) is 0 Å². The number of carboxylic acids is 1. The molecule has 0 saturated heterocycles. The first-order chi connectivity index (χ1) is 11.8. The molecule has 0 aliphatic heterocycles. The van der Waals surface area contributed by atoms with Gasteiger partial charge in [0.25, 0.3) is 0 Å². The lowest BCUT2D eigenvalue weighted by Gasteiger charge is -2.32. The van der Waals surface area contributed by atoms with Crippen LogP contribution in [-0.4, -0.2) is 21.2 Å². The fraction of sp³-hybridized carbons (Fsp3) is 0.842. The normalized spacial score (nSPS) is 18.9. The topological polar surface area (TPSA) is 102 Å². The molecule has 25 heavy (non-hydrogen) atoms. The van der Waals surface area contributed by atoms with Gasteiger partial charge in [0.15, 0.2) is 5.82 Å². The number of nitrogens with two attached hydrogens (primary N) is 1. The molecule has 6 nitrogen and oxygen atoms in total. The molecule has 3 N–H and O–H groups in total. The van der Waals surface area contributed by atoms with Crippen molar-refractivity contribution in [3.63, 3.8) is 0 Å². The number of carbonyl (C=O) groups is 1. The SMILES string of the molecule is CC(C)(C)C(C(=O)O)[C@@H](CCCC1CCCCC1)c1nc(CN)no1. The van der Waals surface area contributed by atoms with Crippen LogP contribution in [-0.2, 0) is 11.3 Å². The minimum atomic E-state index is -0.803. The van der Waals surface area contributed by atoms with E-state index in [1.165, 1.54) is 32.1 Å². The highest BCUT2D eigenvalue weighted by atomic mass is 16.5. The summed E-state index contributed by atoms with van der Waals surface area (Å²) in [6.45, 7) is 6.08. The van der Waals surface area contributed by atoms with Gasteiger partial charge in [0.2, 0.25) is 5.89 Å². The molecule has 1 aromatic rings. The Morgan fingerprint density at radius 3 is 2.52 bits per heavy atom. The van der Waals surface area contributed by atoms with Crippen LogP contribution in [0.25, 0.3) is 0 Å². The zero-order valence-electron chi connectivity index (χ0n) is 15.8. The third-order valence-electron chi connectivity index (χ3n) is 5.44. The van der Waals surface area contributed by atoms with E-state index in [4.69, 9.17) is 10.3 Å². The predicted molar refractivity (Wildman–Crippen MR) is 95.9 cm³/mol. The number of aromatic nitrogens is 2. The van der Waals surface area contributed by atoms with Crippen LogP contribution in [0, 0.1) is 17.3 Å². The van der Waals surface area contributed by atoms with Crippen molar-refractivity contribution >= 4 is 5.97 Å². The highest BCUT2D eigenvalue weighted by Gasteiger charge is 2.41. The summed E-state index contributed by atoms with van der Waals surface area (Å²) in [6.07, 6.45) is 9.55. The van der Waals surface area contributed by atoms with Crippen molar-refractivity contribution in [1.29, 1.82) is 0 Å². The molecule has 0 aromatic carbocycles. The molecule has 1 aliphatic carbocycles. The molecule has 1 aromatic heterocycles. The van der Waals surface area contributed by atoms with Crippen LogP contribution in [0.3, 0.4) is 0 Å². The van der Waals surface area contributed by atoms with Gasteiger partial charge < -0.3 is 15.4 Å². The fourth-order valence-corrected chi connectivity index (χ4v) is 4.18. The second-order valence-corrected chi connectivity index (χ2v) is 8.48. The van der Waals surface area contributed by atoms with Gasteiger partial charge in [0, 0.05) is 0 Å². The van der Waals surface area contributed by atoms with E-state index in [0.717, 1.165) is 25.2 Å². The Labute approximate surface area is 150 Å². The van der Waals surface area contributed by atoms with Crippen molar-refractivity contribution in [1.82, 2.24) is 10.1 Å². The van der Waals surface area contributed by atoms with Crippen molar-refractivity contribution < 1.29 is 14.4 Å². The highest BCUT2D eigenvalue weighted by molar-refractivity contribution is 5.72. The summed E-state index contributed by atoms with van der Waals surface area (Å²) in [4.78, 5) is 16.3. The Hall–Kier alpha value is -1.43. The van der Waals surface area contributed by atoms with Crippen LogP contribution in [0.4, 0.5) is 0 Å². The molecular weight excluding hydrogens is 318 g/mol. The van der Waals surface area contributed by atoms with Gasteiger partial charge in [0.05, 0.1) is 18.4 Å². The molecule has 1 saturated carbocycles. The Morgan fingerprint density at radius 2 is 2.00 bits per heavy atom. The summed E-state index contributed by atoms with van der Waals surface area (Å²) in [5, 5.41) is 13.7. The molecule has 0 amide bonds. The van der Waals surface area contributed by atoms with E-state index in [9.17, 15) is 9.90 Å².